The van der Waals surface area contributed by atoms with Gasteiger partial charge in [-0.25, -0.2) is 0 Å². The molecule has 188 valence electrons. The third-order valence-corrected chi connectivity index (χ3v) is 9.12. The highest BCUT2D eigenvalue weighted by atomic mass is 35.5. The van der Waals surface area contributed by atoms with Crippen molar-refractivity contribution in [2.45, 2.75) is 29.6 Å². The van der Waals surface area contributed by atoms with Crippen LogP contribution >= 0.6 is 34.7 Å². The molecule has 1 fully saturated rings. The summed E-state index contributed by atoms with van der Waals surface area (Å²) in [6.45, 7) is 2.57. The van der Waals surface area contributed by atoms with Crippen molar-refractivity contribution in [2.24, 2.45) is 11.8 Å². The number of pyridine rings is 1. The number of piperidine rings is 1. The summed E-state index contributed by atoms with van der Waals surface area (Å²) in [4.78, 5) is 19.4. The minimum Gasteiger partial charge on any atom is -0.497 e. The summed E-state index contributed by atoms with van der Waals surface area (Å²) in [5.74, 6) is 1.47. The van der Waals surface area contributed by atoms with Gasteiger partial charge in [-0.3, -0.25) is 9.78 Å². The number of nitrogens with zero attached hydrogens (tertiary/aromatic N) is 2. The lowest BCUT2D eigenvalue weighted by molar-refractivity contribution is -0.150. The van der Waals surface area contributed by atoms with Crippen LogP contribution in [0.15, 0.2) is 46.1 Å². The number of halogens is 1. The van der Waals surface area contributed by atoms with Gasteiger partial charge in [0.05, 0.1) is 41.0 Å². The summed E-state index contributed by atoms with van der Waals surface area (Å²) < 4.78 is 11.8. The van der Waals surface area contributed by atoms with Crippen LogP contribution in [0.5, 0.6) is 5.75 Å². The molecule has 1 aliphatic heterocycles. The number of aromatic nitrogens is 1. The van der Waals surface area contributed by atoms with E-state index in [0.29, 0.717) is 35.7 Å². The Morgan fingerprint density at radius 1 is 1.37 bits per heavy atom. The molecule has 1 saturated heterocycles. The van der Waals surface area contributed by atoms with Gasteiger partial charge in [0.25, 0.3) is 0 Å². The zero-order valence-corrected chi connectivity index (χ0v) is 22.4. The summed E-state index contributed by atoms with van der Waals surface area (Å²) in [7, 11) is 3.06. The lowest BCUT2D eigenvalue weighted by atomic mass is 9.81. The van der Waals surface area contributed by atoms with Gasteiger partial charge in [0, 0.05) is 36.0 Å². The number of carbonyl (C=O) groups excluding carboxylic acids is 1. The lowest BCUT2D eigenvalue weighted by Crippen LogP contribution is -2.45. The molecule has 0 aliphatic carbocycles. The fourth-order valence-electron chi connectivity index (χ4n) is 4.81. The summed E-state index contributed by atoms with van der Waals surface area (Å²) >= 11 is 10.1. The number of ether oxygens (including phenoxy) is 2. The average molecular weight is 535 g/mol. The monoisotopic (exact) mass is 534 g/mol. The van der Waals surface area contributed by atoms with Gasteiger partial charge in [-0.2, -0.15) is 0 Å². The normalized spacial score (nSPS) is 19.5. The van der Waals surface area contributed by atoms with E-state index in [-0.39, 0.29) is 17.8 Å². The van der Waals surface area contributed by atoms with E-state index in [2.05, 4.69) is 27.4 Å². The Morgan fingerprint density at radius 3 is 2.97 bits per heavy atom. The predicted molar refractivity (Wildman–Crippen MR) is 143 cm³/mol. The summed E-state index contributed by atoms with van der Waals surface area (Å²) in [5.41, 5.74) is 1.42. The van der Waals surface area contributed by atoms with Crippen molar-refractivity contribution < 1.29 is 19.4 Å². The number of rotatable bonds is 10. The molecule has 0 unspecified atom stereocenters. The van der Waals surface area contributed by atoms with E-state index in [1.807, 2.05) is 30.0 Å². The maximum Gasteiger partial charge on any atom is 0.310 e. The molecule has 35 heavy (non-hydrogen) atoms. The maximum atomic E-state index is 12.6. The molecular weight excluding hydrogens is 504 g/mol. The molecule has 3 atom stereocenters. The van der Waals surface area contributed by atoms with Crippen molar-refractivity contribution in [3.05, 3.63) is 52.5 Å². The van der Waals surface area contributed by atoms with Crippen molar-refractivity contribution in [1.29, 1.82) is 0 Å². The fourth-order valence-corrected chi connectivity index (χ4v) is 6.95. The predicted octanol–water partition coefficient (Wildman–Crippen LogP) is 5.68. The van der Waals surface area contributed by atoms with Crippen LogP contribution in [0.2, 0.25) is 5.02 Å². The molecule has 0 radical (unpaired) electrons. The molecule has 3 aromatic rings. The number of thioether (sulfide) groups is 1. The number of benzene rings is 1. The molecule has 2 aromatic heterocycles. The molecule has 4 rings (SSSR count). The third-order valence-electron chi connectivity index (χ3n) is 6.70. The van der Waals surface area contributed by atoms with E-state index in [4.69, 9.17) is 21.1 Å². The summed E-state index contributed by atoms with van der Waals surface area (Å²) in [6, 6.07) is 9.77. The van der Waals surface area contributed by atoms with Crippen LogP contribution in [0.1, 0.15) is 30.9 Å². The minimum absolute atomic E-state index is 0.153. The van der Waals surface area contributed by atoms with Crippen LogP contribution in [0.3, 0.4) is 0 Å². The molecular formula is C26H31ClN2O4S2. The second-order valence-corrected chi connectivity index (χ2v) is 11.5. The Morgan fingerprint density at radius 2 is 2.23 bits per heavy atom. The van der Waals surface area contributed by atoms with Crippen LogP contribution < -0.4 is 4.74 Å². The van der Waals surface area contributed by atoms with Crippen molar-refractivity contribution >= 4 is 51.6 Å². The van der Waals surface area contributed by atoms with Gasteiger partial charge >= 0.3 is 5.97 Å². The number of likely N-dealkylation sites (tertiary alicyclic amines) is 1. The first kappa shape index (κ1) is 26.2. The highest BCUT2D eigenvalue weighted by Crippen LogP contribution is 2.37. The molecule has 0 saturated carbocycles. The minimum atomic E-state index is -0.765. The number of hydrogen-bond donors (Lipinski definition) is 1. The quantitative estimate of drug-likeness (QED) is 0.265. The van der Waals surface area contributed by atoms with Gasteiger partial charge < -0.3 is 19.5 Å². The topological polar surface area (TPSA) is 71.9 Å². The molecule has 1 aliphatic rings. The van der Waals surface area contributed by atoms with Crippen molar-refractivity contribution in [2.75, 3.05) is 39.6 Å². The number of hydrogen-bond acceptors (Lipinski definition) is 8. The Bertz CT molecular complexity index is 1130. The van der Waals surface area contributed by atoms with Gasteiger partial charge in [0.1, 0.15) is 5.75 Å². The van der Waals surface area contributed by atoms with Gasteiger partial charge in [-0.05, 0) is 61.4 Å². The van der Waals surface area contributed by atoms with Gasteiger partial charge in [0.15, 0.2) is 0 Å². The number of methoxy groups -OCH3 is 2. The molecule has 0 spiro atoms. The molecule has 6 nitrogen and oxygen atoms in total. The fraction of sp³-hybridized carbons (Fsp3) is 0.462. The number of thiophene rings is 1. The van der Waals surface area contributed by atoms with Crippen LogP contribution in [0.25, 0.3) is 10.9 Å². The molecule has 0 amide bonds. The maximum absolute atomic E-state index is 12.6. The number of aliphatic hydroxyl groups is 1. The van der Waals surface area contributed by atoms with E-state index in [1.165, 1.54) is 11.3 Å². The SMILES string of the molecule is COC(=O)[C@@H]1CN(CCSc2cccs2)CC[C@@H]1CC[C@H](O)c1c(Cl)cnc2ccc(OC)cc12. The largest absolute Gasteiger partial charge is 0.497 e. The average Bonchev–Trinajstić information content (AvgIpc) is 3.40. The van der Waals surface area contributed by atoms with Crippen molar-refractivity contribution in [3.63, 3.8) is 0 Å². The number of fused-ring (bicyclic) bond motifs is 1. The molecule has 1 N–H and O–H groups in total. The van der Waals surface area contributed by atoms with E-state index in [0.717, 1.165) is 36.2 Å². The van der Waals surface area contributed by atoms with E-state index < -0.39 is 6.10 Å². The zero-order valence-electron chi connectivity index (χ0n) is 20.0. The Kier molecular flexibility index (Phi) is 9.30. The third kappa shape index (κ3) is 6.49. The molecule has 3 heterocycles. The smallest absolute Gasteiger partial charge is 0.310 e. The Labute approximate surface area is 219 Å². The first-order valence-electron chi connectivity index (χ1n) is 11.8. The lowest BCUT2D eigenvalue weighted by Gasteiger charge is -2.37. The van der Waals surface area contributed by atoms with Crippen LogP contribution in [-0.2, 0) is 9.53 Å². The standard InChI is InChI=1S/C26H31ClN2O4S2/c1-32-18-6-7-22-19(14-18)25(21(27)15-28-22)23(30)8-5-17-9-10-29(16-20(17)26(31)33-2)11-13-35-24-4-3-12-34-24/h3-4,6-7,12,14-15,17,20,23,30H,5,8-11,13,16H2,1-2H3/t17-,20+,23-/m0/s1. The number of esters is 1. The van der Waals surface area contributed by atoms with Gasteiger partial charge in [-0.15, -0.1) is 23.1 Å². The molecule has 9 heteroatoms. The summed E-state index contributed by atoms with van der Waals surface area (Å²) in [6.07, 6.45) is 2.93. The van der Waals surface area contributed by atoms with Crippen LogP contribution in [0, 0.1) is 11.8 Å². The Hall–Kier alpha value is -1.84. The number of carbonyl (C=O) groups is 1. The Balaban J connectivity index is 1.40. The van der Waals surface area contributed by atoms with Crippen molar-refractivity contribution in [1.82, 2.24) is 9.88 Å². The van der Waals surface area contributed by atoms with E-state index >= 15 is 0 Å². The number of aliphatic hydroxyl groups excluding tert-OH is 1. The van der Waals surface area contributed by atoms with Gasteiger partial charge in [0.2, 0.25) is 0 Å². The van der Waals surface area contributed by atoms with Crippen molar-refractivity contribution in [3.8, 4) is 5.75 Å². The van der Waals surface area contributed by atoms with Gasteiger partial charge in [-0.1, -0.05) is 17.7 Å². The zero-order chi connectivity index (χ0) is 24.8. The van der Waals surface area contributed by atoms with E-state index in [9.17, 15) is 9.90 Å². The first-order chi connectivity index (χ1) is 17.0. The van der Waals surface area contributed by atoms with E-state index in [1.54, 1.807) is 24.6 Å². The molecule has 0 bridgehead atoms. The molecule has 1 aromatic carbocycles. The van der Waals surface area contributed by atoms with Crippen LogP contribution in [-0.4, -0.2) is 60.6 Å². The second-order valence-electron chi connectivity index (χ2n) is 8.76. The summed E-state index contributed by atoms with van der Waals surface area (Å²) in [5, 5.41) is 14.5. The van der Waals surface area contributed by atoms with Crippen LogP contribution in [0.4, 0.5) is 0 Å². The second kappa shape index (κ2) is 12.4. The first-order valence-corrected chi connectivity index (χ1v) is 14.0. The highest BCUT2D eigenvalue weighted by molar-refractivity contribution is 8.01. The highest BCUT2D eigenvalue weighted by Gasteiger charge is 2.35.